The van der Waals surface area contributed by atoms with Crippen molar-refractivity contribution in [3.05, 3.63) is 23.7 Å². The molecule has 1 heterocycles. The van der Waals surface area contributed by atoms with Crippen LogP contribution in [0.25, 0.3) is 0 Å². The van der Waals surface area contributed by atoms with E-state index in [1.165, 1.54) is 0 Å². The predicted molar refractivity (Wildman–Crippen MR) is 46.3 cm³/mol. The van der Waals surface area contributed by atoms with Gasteiger partial charge in [-0.25, -0.2) is 0 Å². The molecule has 1 rings (SSSR count). The van der Waals surface area contributed by atoms with Crippen LogP contribution in [0.2, 0.25) is 0 Å². The molecule has 0 atom stereocenters. The lowest BCUT2D eigenvalue weighted by Crippen LogP contribution is -2.22. The van der Waals surface area contributed by atoms with E-state index in [1.54, 1.807) is 12.1 Å². The van der Waals surface area contributed by atoms with Crippen molar-refractivity contribution in [2.45, 2.75) is 13.8 Å². The number of ketones is 1. The summed E-state index contributed by atoms with van der Waals surface area (Å²) in [6.07, 6.45) is 0. The van der Waals surface area contributed by atoms with Crippen molar-refractivity contribution in [1.29, 1.82) is 0 Å². The maximum absolute atomic E-state index is 11.3. The molecular weight excluding hydrogens is 154 g/mol. The fourth-order valence-electron chi connectivity index (χ4n) is 0.910. The van der Waals surface area contributed by atoms with Crippen LogP contribution in [0.3, 0.4) is 0 Å². The molecule has 12 heavy (non-hydrogen) atoms. The van der Waals surface area contributed by atoms with E-state index in [0.29, 0.717) is 12.3 Å². The van der Waals surface area contributed by atoms with Crippen LogP contribution in [-0.2, 0) is 0 Å². The van der Waals surface area contributed by atoms with Crippen molar-refractivity contribution in [3.8, 4) is 0 Å². The Balaban J connectivity index is 2.53. The largest absolute Gasteiger partial charge is 0.458 e. The first-order valence-electron chi connectivity index (χ1n) is 4.04. The topological polar surface area (TPSA) is 42.2 Å². The second-order valence-corrected chi connectivity index (χ2v) is 2.61. The van der Waals surface area contributed by atoms with E-state index in [-0.39, 0.29) is 5.78 Å². The minimum Gasteiger partial charge on any atom is -0.458 e. The first kappa shape index (κ1) is 9.00. The van der Waals surface area contributed by atoms with Crippen LogP contribution in [-0.4, -0.2) is 18.9 Å². The third-order valence-corrected chi connectivity index (χ3v) is 1.55. The monoisotopic (exact) mass is 167 g/mol. The Morgan fingerprint density at radius 1 is 1.58 bits per heavy atom. The normalized spacial score (nSPS) is 10.2. The SMILES string of the molecule is CCNCC(=O)c1ccc(C)o1. The van der Waals surface area contributed by atoms with Gasteiger partial charge >= 0.3 is 0 Å². The fourth-order valence-corrected chi connectivity index (χ4v) is 0.910. The average molecular weight is 167 g/mol. The van der Waals surface area contributed by atoms with Gasteiger partial charge in [0.1, 0.15) is 5.76 Å². The zero-order valence-electron chi connectivity index (χ0n) is 7.39. The molecule has 0 aromatic carbocycles. The van der Waals surface area contributed by atoms with Gasteiger partial charge < -0.3 is 9.73 Å². The summed E-state index contributed by atoms with van der Waals surface area (Å²) < 4.78 is 5.15. The first-order valence-corrected chi connectivity index (χ1v) is 4.04. The Hall–Kier alpha value is -1.09. The van der Waals surface area contributed by atoms with E-state index in [2.05, 4.69) is 5.32 Å². The van der Waals surface area contributed by atoms with E-state index in [1.807, 2.05) is 13.8 Å². The summed E-state index contributed by atoms with van der Waals surface area (Å²) in [7, 11) is 0. The van der Waals surface area contributed by atoms with Crippen LogP contribution >= 0.6 is 0 Å². The molecule has 1 N–H and O–H groups in total. The Morgan fingerprint density at radius 3 is 2.83 bits per heavy atom. The quantitative estimate of drug-likeness (QED) is 0.689. The van der Waals surface area contributed by atoms with Crippen molar-refractivity contribution in [2.24, 2.45) is 0 Å². The van der Waals surface area contributed by atoms with Gasteiger partial charge in [-0.2, -0.15) is 0 Å². The van der Waals surface area contributed by atoms with Crippen molar-refractivity contribution in [3.63, 3.8) is 0 Å². The number of furan rings is 1. The maximum atomic E-state index is 11.3. The highest BCUT2D eigenvalue weighted by Gasteiger charge is 2.07. The molecule has 0 amide bonds. The summed E-state index contributed by atoms with van der Waals surface area (Å²) in [6, 6.07) is 3.49. The zero-order chi connectivity index (χ0) is 8.97. The molecule has 0 aliphatic heterocycles. The highest BCUT2D eigenvalue weighted by atomic mass is 16.3. The molecule has 0 unspecified atom stereocenters. The summed E-state index contributed by atoms with van der Waals surface area (Å²) in [6.45, 7) is 4.93. The Labute approximate surface area is 71.8 Å². The van der Waals surface area contributed by atoms with E-state index < -0.39 is 0 Å². The molecule has 1 aromatic rings. The highest BCUT2D eigenvalue weighted by molar-refractivity contribution is 5.95. The van der Waals surface area contributed by atoms with Gasteiger partial charge in [0.05, 0.1) is 6.54 Å². The van der Waals surface area contributed by atoms with Gasteiger partial charge in [-0.1, -0.05) is 6.92 Å². The van der Waals surface area contributed by atoms with Gasteiger partial charge in [0, 0.05) is 0 Å². The van der Waals surface area contributed by atoms with Gasteiger partial charge in [-0.05, 0) is 25.6 Å². The minimum absolute atomic E-state index is 0.00458. The van der Waals surface area contributed by atoms with Gasteiger partial charge in [0.2, 0.25) is 5.78 Å². The van der Waals surface area contributed by atoms with Crippen LogP contribution in [0.4, 0.5) is 0 Å². The number of carbonyl (C=O) groups is 1. The molecule has 3 heteroatoms. The minimum atomic E-state index is 0.00458. The number of rotatable bonds is 4. The number of carbonyl (C=O) groups excluding carboxylic acids is 1. The smallest absolute Gasteiger partial charge is 0.211 e. The summed E-state index contributed by atoms with van der Waals surface area (Å²) in [5, 5.41) is 2.95. The predicted octanol–water partition coefficient (Wildman–Crippen LogP) is 1.38. The molecule has 0 saturated heterocycles. The molecule has 0 spiro atoms. The number of likely N-dealkylation sites (N-methyl/N-ethyl adjacent to an activating group) is 1. The molecule has 0 saturated carbocycles. The second kappa shape index (κ2) is 4.07. The average Bonchev–Trinajstić information content (AvgIpc) is 2.47. The first-order chi connectivity index (χ1) is 5.74. The number of hydrogen-bond acceptors (Lipinski definition) is 3. The van der Waals surface area contributed by atoms with E-state index in [0.717, 1.165) is 12.3 Å². The van der Waals surface area contributed by atoms with Crippen molar-refractivity contribution in [1.82, 2.24) is 5.32 Å². The molecule has 3 nitrogen and oxygen atoms in total. The summed E-state index contributed by atoms with van der Waals surface area (Å²) >= 11 is 0. The molecule has 66 valence electrons. The molecule has 0 fully saturated rings. The summed E-state index contributed by atoms with van der Waals surface area (Å²) in [4.78, 5) is 11.3. The highest BCUT2D eigenvalue weighted by Crippen LogP contribution is 2.06. The molecule has 1 aromatic heterocycles. The van der Waals surface area contributed by atoms with Gasteiger partial charge in [-0.3, -0.25) is 4.79 Å². The Morgan fingerprint density at radius 2 is 2.33 bits per heavy atom. The summed E-state index contributed by atoms with van der Waals surface area (Å²) in [5.41, 5.74) is 0. The van der Waals surface area contributed by atoms with E-state index in [4.69, 9.17) is 4.42 Å². The molecule has 0 aliphatic rings. The third-order valence-electron chi connectivity index (χ3n) is 1.55. The maximum Gasteiger partial charge on any atom is 0.211 e. The molecule has 0 aliphatic carbocycles. The van der Waals surface area contributed by atoms with Gasteiger partial charge in [-0.15, -0.1) is 0 Å². The third kappa shape index (κ3) is 2.20. The van der Waals surface area contributed by atoms with Gasteiger partial charge in [0.25, 0.3) is 0 Å². The van der Waals surface area contributed by atoms with Crippen molar-refractivity contribution in [2.75, 3.05) is 13.1 Å². The summed E-state index contributed by atoms with van der Waals surface area (Å²) in [5.74, 6) is 1.22. The lowest BCUT2D eigenvalue weighted by atomic mass is 10.3. The van der Waals surface area contributed by atoms with Crippen LogP contribution in [0, 0.1) is 6.92 Å². The van der Waals surface area contributed by atoms with Crippen LogP contribution in [0.15, 0.2) is 16.5 Å². The van der Waals surface area contributed by atoms with Crippen LogP contribution in [0.1, 0.15) is 23.2 Å². The number of hydrogen-bond donors (Lipinski definition) is 1. The zero-order valence-corrected chi connectivity index (χ0v) is 7.39. The van der Waals surface area contributed by atoms with Crippen LogP contribution < -0.4 is 5.32 Å². The van der Waals surface area contributed by atoms with Crippen LogP contribution in [0.5, 0.6) is 0 Å². The Bertz CT molecular complexity index is 265. The van der Waals surface area contributed by atoms with E-state index >= 15 is 0 Å². The van der Waals surface area contributed by atoms with Crippen molar-refractivity contribution >= 4 is 5.78 Å². The number of aryl methyl sites for hydroxylation is 1. The number of Topliss-reactive ketones (excluding diaryl/α,β-unsaturated/α-hetero) is 1. The molecule has 0 radical (unpaired) electrons. The standard InChI is InChI=1S/C9H13NO2/c1-3-10-6-8(11)9-5-4-7(2)12-9/h4-5,10H,3,6H2,1-2H3. The second-order valence-electron chi connectivity index (χ2n) is 2.61. The lowest BCUT2D eigenvalue weighted by molar-refractivity contribution is 0.0964. The number of nitrogens with one attached hydrogen (secondary N) is 1. The molecular formula is C9H13NO2. The molecule has 0 bridgehead atoms. The fraction of sp³-hybridized carbons (Fsp3) is 0.444. The van der Waals surface area contributed by atoms with Gasteiger partial charge in [0.15, 0.2) is 5.76 Å². The Kier molecular flexibility index (Phi) is 3.05. The van der Waals surface area contributed by atoms with E-state index in [9.17, 15) is 4.79 Å². The lowest BCUT2D eigenvalue weighted by Gasteiger charge is -1.96. The van der Waals surface area contributed by atoms with Crippen molar-refractivity contribution < 1.29 is 9.21 Å².